The van der Waals surface area contributed by atoms with Crippen LogP contribution >= 0.6 is 11.8 Å². The molecule has 0 aromatic heterocycles. The fourth-order valence-corrected chi connectivity index (χ4v) is 5.20. The number of aryl methyl sites for hydroxylation is 3. The number of benzene rings is 2. The van der Waals surface area contributed by atoms with Crippen LogP contribution in [0, 0.1) is 20.8 Å². The number of nitrogens with one attached hydrogen (secondary N) is 1. The van der Waals surface area contributed by atoms with E-state index >= 15 is 0 Å². The van der Waals surface area contributed by atoms with Gasteiger partial charge in [0.1, 0.15) is 6.04 Å². The van der Waals surface area contributed by atoms with Gasteiger partial charge < -0.3 is 10.2 Å². The van der Waals surface area contributed by atoms with Crippen LogP contribution in [0.3, 0.4) is 0 Å². The lowest BCUT2D eigenvalue weighted by atomic mass is 10.1. The van der Waals surface area contributed by atoms with Crippen molar-refractivity contribution >= 4 is 23.6 Å². The number of nitrogens with zero attached hydrogens (tertiary/aromatic N) is 1. The maximum absolute atomic E-state index is 13.2. The molecule has 1 aliphatic carbocycles. The first-order chi connectivity index (χ1) is 15.3. The second-order valence-corrected chi connectivity index (χ2v) is 10.1. The number of hydrogen-bond donors (Lipinski definition) is 1. The molecule has 0 unspecified atom stereocenters. The van der Waals surface area contributed by atoms with Crippen LogP contribution in [0.25, 0.3) is 0 Å². The Bertz CT molecular complexity index is 900. The predicted molar refractivity (Wildman–Crippen MR) is 134 cm³/mol. The van der Waals surface area contributed by atoms with Crippen LogP contribution < -0.4 is 5.32 Å². The molecule has 1 atom stereocenters. The molecule has 2 aromatic rings. The third kappa shape index (κ3) is 7.13. The Balaban J connectivity index is 1.65. The molecule has 3 rings (SSSR count). The van der Waals surface area contributed by atoms with E-state index in [-0.39, 0.29) is 17.9 Å². The average molecular weight is 453 g/mol. The van der Waals surface area contributed by atoms with E-state index in [0.29, 0.717) is 12.3 Å². The molecule has 4 nitrogen and oxygen atoms in total. The van der Waals surface area contributed by atoms with Crippen molar-refractivity contribution in [1.29, 1.82) is 0 Å². The smallest absolute Gasteiger partial charge is 0.242 e. The molecular formula is C27H36N2O2S. The minimum Gasteiger partial charge on any atom is -0.352 e. The summed E-state index contributed by atoms with van der Waals surface area (Å²) in [6.45, 7) is 8.54. The van der Waals surface area contributed by atoms with Gasteiger partial charge >= 0.3 is 0 Å². The minimum absolute atomic E-state index is 0.00835. The Morgan fingerprint density at radius 1 is 0.969 bits per heavy atom. The summed E-state index contributed by atoms with van der Waals surface area (Å²) in [6, 6.07) is 14.4. The molecule has 0 saturated heterocycles. The topological polar surface area (TPSA) is 49.4 Å². The molecular weight excluding hydrogens is 416 g/mol. The van der Waals surface area contributed by atoms with Crippen molar-refractivity contribution in [3.8, 4) is 0 Å². The highest BCUT2D eigenvalue weighted by Crippen LogP contribution is 2.20. The lowest BCUT2D eigenvalue weighted by molar-refractivity contribution is -0.138. The van der Waals surface area contributed by atoms with Gasteiger partial charge in [-0.1, -0.05) is 72.0 Å². The summed E-state index contributed by atoms with van der Waals surface area (Å²) in [5.41, 5.74) is 5.94. The van der Waals surface area contributed by atoms with Gasteiger partial charge in [-0.05, 0) is 51.7 Å². The Morgan fingerprint density at radius 3 is 2.22 bits per heavy atom. The molecule has 0 aliphatic heterocycles. The number of carbonyl (C=O) groups is 2. The summed E-state index contributed by atoms with van der Waals surface area (Å²) in [7, 11) is 0. The van der Waals surface area contributed by atoms with Crippen LogP contribution in [-0.2, 0) is 21.9 Å². The van der Waals surface area contributed by atoms with Gasteiger partial charge in [0.05, 0.1) is 5.75 Å². The van der Waals surface area contributed by atoms with Crippen molar-refractivity contribution in [3.63, 3.8) is 0 Å². The number of amides is 2. The molecule has 0 radical (unpaired) electrons. The van der Waals surface area contributed by atoms with Crippen molar-refractivity contribution in [1.82, 2.24) is 10.2 Å². The fraction of sp³-hybridized carbons (Fsp3) is 0.481. The van der Waals surface area contributed by atoms with E-state index in [4.69, 9.17) is 0 Å². The predicted octanol–water partition coefficient (Wildman–Crippen LogP) is 5.32. The van der Waals surface area contributed by atoms with E-state index in [0.717, 1.165) is 24.2 Å². The highest BCUT2D eigenvalue weighted by molar-refractivity contribution is 7.99. The van der Waals surface area contributed by atoms with E-state index < -0.39 is 6.04 Å². The van der Waals surface area contributed by atoms with Crippen LogP contribution in [0.15, 0.2) is 42.5 Å². The van der Waals surface area contributed by atoms with Gasteiger partial charge in [-0.25, -0.2) is 0 Å². The largest absolute Gasteiger partial charge is 0.352 e. The molecule has 172 valence electrons. The lowest BCUT2D eigenvalue weighted by Crippen LogP contribution is -2.50. The van der Waals surface area contributed by atoms with Gasteiger partial charge in [-0.2, -0.15) is 0 Å². The molecule has 1 saturated carbocycles. The third-order valence-corrected chi connectivity index (χ3v) is 7.11. The molecule has 1 fully saturated rings. The van der Waals surface area contributed by atoms with E-state index in [2.05, 4.69) is 49.5 Å². The zero-order valence-corrected chi connectivity index (χ0v) is 20.6. The van der Waals surface area contributed by atoms with E-state index in [1.165, 1.54) is 35.1 Å². The second-order valence-electron chi connectivity index (χ2n) is 9.16. The van der Waals surface area contributed by atoms with Crippen molar-refractivity contribution in [2.24, 2.45) is 0 Å². The number of hydrogen-bond acceptors (Lipinski definition) is 3. The van der Waals surface area contributed by atoms with Crippen LogP contribution in [0.4, 0.5) is 0 Å². The van der Waals surface area contributed by atoms with Gasteiger partial charge in [-0.3, -0.25) is 9.59 Å². The van der Waals surface area contributed by atoms with Gasteiger partial charge in [-0.15, -0.1) is 11.8 Å². The summed E-state index contributed by atoms with van der Waals surface area (Å²) in [5, 5.41) is 3.16. The highest BCUT2D eigenvalue weighted by Gasteiger charge is 2.28. The second kappa shape index (κ2) is 11.6. The van der Waals surface area contributed by atoms with Gasteiger partial charge in [0.25, 0.3) is 0 Å². The van der Waals surface area contributed by atoms with E-state index in [1.54, 1.807) is 16.7 Å². The number of thioether (sulfide) groups is 1. The Kier molecular flexibility index (Phi) is 8.80. The van der Waals surface area contributed by atoms with Crippen LogP contribution in [0.5, 0.6) is 0 Å². The van der Waals surface area contributed by atoms with Crippen LogP contribution in [0.1, 0.15) is 60.4 Å². The highest BCUT2D eigenvalue weighted by atomic mass is 32.2. The molecule has 5 heteroatoms. The van der Waals surface area contributed by atoms with Crippen LogP contribution in [0.2, 0.25) is 0 Å². The summed E-state index contributed by atoms with van der Waals surface area (Å²) < 4.78 is 0. The maximum atomic E-state index is 13.2. The molecule has 2 aromatic carbocycles. The SMILES string of the molecule is Cc1ccc(CN(C(=O)CSCc2cc(C)cc(C)c2)[C@@H](C)C(=O)NC2CCCC2)cc1. The van der Waals surface area contributed by atoms with Crippen molar-refractivity contribution < 1.29 is 9.59 Å². The maximum Gasteiger partial charge on any atom is 0.242 e. The fourth-order valence-electron chi connectivity index (χ4n) is 4.36. The quantitative estimate of drug-likeness (QED) is 0.560. The zero-order valence-electron chi connectivity index (χ0n) is 19.8. The first-order valence-corrected chi connectivity index (χ1v) is 12.8. The van der Waals surface area contributed by atoms with Crippen molar-refractivity contribution in [2.45, 2.75) is 77.8 Å². The first-order valence-electron chi connectivity index (χ1n) is 11.6. The van der Waals surface area contributed by atoms with Gasteiger partial charge in [0.2, 0.25) is 11.8 Å². The van der Waals surface area contributed by atoms with Crippen molar-refractivity contribution in [2.75, 3.05) is 5.75 Å². The van der Waals surface area contributed by atoms with E-state index in [1.807, 2.05) is 26.0 Å². The summed E-state index contributed by atoms with van der Waals surface area (Å²) >= 11 is 1.61. The third-order valence-electron chi connectivity index (χ3n) is 6.12. The summed E-state index contributed by atoms with van der Waals surface area (Å²) in [4.78, 5) is 27.9. The molecule has 1 aliphatic rings. The first kappa shape index (κ1) is 24.4. The normalized spacial score (nSPS) is 14.9. The Morgan fingerprint density at radius 2 is 1.59 bits per heavy atom. The molecule has 0 spiro atoms. The summed E-state index contributed by atoms with van der Waals surface area (Å²) in [6.07, 6.45) is 4.41. The average Bonchev–Trinajstić information content (AvgIpc) is 3.25. The summed E-state index contributed by atoms with van der Waals surface area (Å²) in [5.74, 6) is 1.11. The van der Waals surface area contributed by atoms with Gasteiger partial charge in [0, 0.05) is 18.3 Å². The zero-order chi connectivity index (χ0) is 23.1. The standard InChI is InChI=1S/C27H36N2O2S/c1-19-9-11-23(12-10-19)16-29(22(4)27(31)28-25-7-5-6-8-25)26(30)18-32-17-24-14-20(2)13-21(3)15-24/h9-15,22,25H,5-8,16-18H2,1-4H3,(H,28,31)/t22-/m0/s1. The monoisotopic (exact) mass is 452 g/mol. The molecule has 1 N–H and O–H groups in total. The molecule has 32 heavy (non-hydrogen) atoms. The lowest BCUT2D eigenvalue weighted by Gasteiger charge is -2.29. The van der Waals surface area contributed by atoms with E-state index in [9.17, 15) is 9.59 Å². The van der Waals surface area contributed by atoms with Crippen LogP contribution in [-0.4, -0.2) is 34.6 Å². The minimum atomic E-state index is -0.494. The van der Waals surface area contributed by atoms with Gasteiger partial charge in [0.15, 0.2) is 0 Å². The number of rotatable bonds is 9. The molecule has 2 amide bonds. The van der Waals surface area contributed by atoms with Crippen molar-refractivity contribution in [3.05, 3.63) is 70.3 Å². The molecule has 0 heterocycles. The molecule has 0 bridgehead atoms. The number of carbonyl (C=O) groups excluding carboxylic acids is 2. The Hall–Kier alpha value is -2.27. The Labute approximate surface area is 197 Å².